The maximum atomic E-state index is 12.6. The third kappa shape index (κ3) is 4.03. The van der Waals surface area contributed by atoms with Crippen molar-refractivity contribution in [3.05, 3.63) is 42.1 Å². The van der Waals surface area contributed by atoms with E-state index >= 15 is 0 Å². The number of nitrogens with zero attached hydrogens (tertiary/aromatic N) is 1. The number of rotatable bonds is 5. The van der Waals surface area contributed by atoms with Gasteiger partial charge in [0.15, 0.2) is 5.54 Å². The van der Waals surface area contributed by atoms with Crippen LogP contribution in [0.2, 0.25) is 0 Å². The summed E-state index contributed by atoms with van der Waals surface area (Å²) in [6, 6.07) is 6.02. The molecule has 1 aromatic carbocycles. The van der Waals surface area contributed by atoms with E-state index in [0.29, 0.717) is 5.01 Å². The second-order valence-corrected chi connectivity index (χ2v) is 7.27. The van der Waals surface area contributed by atoms with Crippen LogP contribution in [0, 0.1) is 0 Å². The summed E-state index contributed by atoms with van der Waals surface area (Å²) in [5.74, 6) is -1.70. The molecule has 1 unspecified atom stereocenters. The van der Waals surface area contributed by atoms with Crippen molar-refractivity contribution < 1.29 is 32.3 Å². The largest absolute Gasteiger partial charge is 0.467 e. The van der Waals surface area contributed by atoms with Crippen LogP contribution in [-0.4, -0.2) is 50.7 Å². The number of ether oxygens (including phenoxy) is 2. The predicted molar refractivity (Wildman–Crippen MR) is 92.3 cm³/mol. The molecule has 2 N–H and O–H groups in total. The van der Waals surface area contributed by atoms with Gasteiger partial charge in [-0.05, 0) is 32.1 Å². The number of esters is 2. The average Bonchev–Trinajstić information content (AvgIpc) is 3.01. The molecule has 1 atom stereocenters. The van der Waals surface area contributed by atoms with Crippen LogP contribution in [0.3, 0.4) is 0 Å². The SMILES string of the molecule is CCOC(=O)C1=CC(C)(C(=O)OC)N(C(=O)NS(=O)(=O)c2ccccc2)N1. The monoisotopic (exact) mass is 397 g/mol. The van der Waals surface area contributed by atoms with Crippen molar-refractivity contribution in [1.82, 2.24) is 15.2 Å². The normalized spacial score (nSPS) is 18.9. The summed E-state index contributed by atoms with van der Waals surface area (Å²) in [6.07, 6.45) is 1.13. The number of benzene rings is 1. The van der Waals surface area contributed by atoms with E-state index in [2.05, 4.69) is 10.2 Å². The molecule has 0 radical (unpaired) electrons. The lowest BCUT2D eigenvalue weighted by molar-refractivity contribution is -0.150. The molecular formula is C16H19N3O7S. The average molecular weight is 397 g/mol. The van der Waals surface area contributed by atoms with Crippen LogP contribution in [0.25, 0.3) is 0 Å². The second kappa shape index (κ2) is 7.66. The molecule has 10 nitrogen and oxygen atoms in total. The first-order valence-corrected chi connectivity index (χ1v) is 9.31. The first-order valence-electron chi connectivity index (χ1n) is 7.83. The van der Waals surface area contributed by atoms with E-state index in [1.165, 1.54) is 31.2 Å². The van der Waals surface area contributed by atoms with Gasteiger partial charge in [0.2, 0.25) is 0 Å². The first kappa shape index (κ1) is 20.2. The Morgan fingerprint density at radius 3 is 2.41 bits per heavy atom. The van der Waals surface area contributed by atoms with Gasteiger partial charge in [-0.2, -0.15) is 0 Å². The molecule has 2 amide bonds. The fraction of sp³-hybridized carbons (Fsp3) is 0.312. The minimum absolute atomic E-state index is 0.0708. The first-order chi connectivity index (χ1) is 12.7. The molecule has 0 fully saturated rings. The molecule has 1 aliphatic rings. The van der Waals surface area contributed by atoms with Gasteiger partial charge in [-0.25, -0.2) is 32.5 Å². The highest BCUT2D eigenvalue weighted by Gasteiger charge is 2.49. The highest BCUT2D eigenvalue weighted by Crippen LogP contribution is 2.26. The van der Waals surface area contributed by atoms with Crippen molar-refractivity contribution in [3.63, 3.8) is 0 Å². The molecule has 146 valence electrons. The van der Waals surface area contributed by atoms with Crippen molar-refractivity contribution in [2.75, 3.05) is 13.7 Å². The van der Waals surface area contributed by atoms with Crippen molar-refractivity contribution in [2.45, 2.75) is 24.3 Å². The van der Waals surface area contributed by atoms with Crippen molar-refractivity contribution in [1.29, 1.82) is 0 Å². The zero-order chi connectivity index (χ0) is 20.2. The van der Waals surface area contributed by atoms with Gasteiger partial charge in [0.05, 0.1) is 18.6 Å². The van der Waals surface area contributed by atoms with Crippen LogP contribution in [0.4, 0.5) is 4.79 Å². The topological polar surface area (TPSA) is 131 Å². The summed E-state index contributed by atoms with van der Waals surface area (Å²) in [7, 11) is -3.10. The van der Waals surface area contributed by atoms with Gasteiger partial charge >= 0.3 is 18.0 Å². The Bertz CT molecular complexity index is 883. The van der Waals surface area contributed by atoms with E-state index in [9.17, 15) is 22.8 Å². The maximum Gasteiger partial charge on any atom is 0.355 e. The van der Waals surface area contributed by atoms with Crippen molar-refractivity contribution in [2.24, 2.45) is 0 Å². The number of nitrogens with one attached hydrogen (secondary N) is 2. The lowest BCUT2D eigenvalue weighted by atomic mass is 10.0. The number of carbonyl (C=O) groups excluding carboxylic acids is 3. The summed E-state index contributed by atoms with van der Waals surface area (Å²) in [5.41, 5.74) is 0.430. The summed E-state index contributed by atoms with van der Waals surface area (Å²) >= 11 is 0. The minimum Gasteiger partial charge on any atom is -0.467 e. The van der Waals surface area contributed by atoms with Crippen LogP contribution in [0.1, 0.15) is 13.8 Å². The van der Waals surface area contributed by atoms with Crippen molar-refractivity contribution in [3.8, 4) is 0 Å². The van der Waals surface area contributed by atoms with E-state index in [1.54, 1.807) is 13.0 Å². The van der Waals surface area contributed by atoms with E-state index in [1.807, 2.05) is 4.72 Å². The van der Waals surface area contributed by atoms with Crippen LogP contribution < -0.4 is 10.1 Å². The summed E-state index contributed by atoms with van der Waals surface area (Å²) in [5, 5.41) is 0.658. The summed E-state index contributed by atoms with van der Waals surface area (Å²) < 4.78 is 36.1. The molecule has 0 aliphatic carbocycles. The molecular weight excluding hydrogens is 378 g/mol. The number of sulfonamides is 1. The Hall–Kier alpha value is -3.08. The third-order valence-corrected chi connectivity index (χ3v) is 5.03. The van der Waals surface area contributed by atoms with Gasteiger partial charge < -0.3 is 9.47 Å². The zero-order valence-electron chi connectivity index (χ0n) is 14.9. The molecule has 1 aromatic rings. The van der Waals surface area contributed by atoms with Crippen LogP contribution in [0.5, 0.6) is 0 Å². The summed E-state index contributed by atoms with van der Waals surface area (Å²) in [6.45, 7) is 2.94. The van der Waals surface area contributed by atoms with Gasteiger partial charge in [0, 0.05) is 0 Å². The molecule has 1 heterocycles. The number of urea groups is 1. The number of hydrogen-bond acceptors (Lipinski definition) is 8. The predicted octanol–water partition coefficient (Wildman–Crippen LogP) is 0.284. The Morgan fingerprint density at radius 2 is 1.85 bits per heavy atom. The lowest BCUT2D eigenvalue weighted by Gasteiger charge is -2.31. The van der Waals surface area contributed by atoms with E-state index in [-0.39, 0.29) is 17.2 Å². The number of hydrogen-bond donors (Lipinski definition) is 2. The maximum absolute atomic E-state index is 12.6. The number of amides is 2. The minimum atomic E-state index is -4.20. The van der Waals surface area contributed by atoms with Crippen LogP contribution in [0.15, 0.2) is 47.0 Å². The van der Waals surface area contributed by atoms with E-state index in [4.69, 9.17) is 4.74 Å². The fourth-order valence-electron chi connectivity index (χ4n) is 2.37. The molecule has 2 rings (SSSR count). The zero-order valence-corrected chi connectivity index (χ0v) is 15.7. The molecule has 0 saturated heterocycles. The van der Waals surface area contributed by atoms with Crippen LogP contribution >= 0.6 is 0 Å². The highest BCUT2D eigenvalue weighted by molar-refractivity contribution is 7.90. The summed E-state index contributed by atoms with van der Waals surface area (Å²) in [4.78, 5) is 36.6. The standard InChI is InChI=1S/C16H19N3O7S/c1-4-26-13(20)12-10-16(2,14(21)25-3)19(17-12)15(22)18-27(23,24)11-8-6-5-7-9-11/h5-10,17H,4H2,1-3H3,(H,18,22). The fourth-order valence-corrected chi connectivity index (χ4v) is 3.32. The van der Waals surface area contributed by atoms with Gasteiger partial charge in [0.25, 0.3) is 10.0 Å². The number of carbonyl (C=O) groups is 3. The Morgan fingerprint density at radius 1 is 1.22 bits per heavy atom. The van der Waals surface area contributed by atoms with Gasteiger partial charge in [0.1, 0.15) is 5.70 Å². The molecule has 0 bridgehead atoms. The Kier molecular flexibility index (Phi) is 5.74. The van der Waals surface area contributed by atoms with E-state index < -0.39 is 33.5 Å². The third-order valence-electron chi connectivity index (χ3n) is 3.69. The van der Waals surface area contributed by atoms with Gasteiger partial charge in [-0.1, -0.05) is 18.2 Å². The molecule has 0 spiro atoms. The number of hydrazine groups is 1. The van der Waals surface area contributed by atoms with Gasteiger partial charge in [-0.3, -0.25) is 5.43 Å². The highest BCUT2D eigenvalue weighted by atomic mass is 32.2. The molecule has 0 aromatic heterocycles. The molecule has 11 heteroatoms. The molecule has 0 saturated carbocycles. The van der Waals surface area contributed by atoms with Crippen LogP contribution in [-0.2, 0) is 29.1 Å². The molecule has 27 heavy (non-hydrogen) atoms. The van der Waals surface area contributed by atoms with Crippen molar-refractivity contribution >= 4 is 28.0 Å². The Balaban J connectivity index is 2.31. The lowest BCUT2D eigenvalue weighted by Crippen LogP contribution is -2.59. The number of methoxy groups -OCH3 is 1. The molecule has 1 aliphatic heterocycles. The van der Waals surface area contributed by atoms with Gasteiger partial charge in [-0.15, -0.1) is 0 Å². The van der Waals surface area contributed by atoms with E-state index in [0.717, 1.165) is 13.2 Å². The quantitative estimate of drug-likeness (QED) is 0.678. The smallest absolute Gasteiger partial charge is 0.355 e. The Labute approximate surface area is 156 Å². The second-order valence-electron chi connectivity index (χ2n) is 5.59.